The van der Waals surface area contributed by atoms with Crippen LogP contribution in [0.1, 0.15) is 18.2 Å². The molecular formula is C12H13N3O5S. The molecule has 0 saturated heterocycles. The van der Waals surface area contributed by atoms with E-state index in [1.54, 1.807) is 13.8 Å². The summed E-state index contributed by atoms with van der Waals surface area (Å²) in [5.74, 6) is 0. The Balaban J connectivity index is 2.57. The molecule has 112 valence electrons. The van der Waals surface area contributed by atoms with Gasteiger partial charge in [0.2, 0.25) is 0 Å². The number of non-ortho nitro benzene ring substituents is 1. The van der Waals surface area contributed by atoms with E-state index in [-0.39, 0.29) is 10.6 Å². The van der Waals surface area contributed by atoms with Gasteiger partial charge in [0.1, 0.15) is 0 Å². The number of nitrogens with one attached hydrogen (secondary N) is 1. The first-order chi connectivity index (χ1) is 9.78. The maximum absolute atomic E-state index is 12.4. The third-order valence-corrected chi connectivity index (χ3v) is 4.71. The van der Waals surface area contributed by atoms with Crippen LogP contribution in [0.4, 0.5) is 5.69 Å². The van der Waals surface area contributed by atoms with Crippen LogP contribution in [0.5, 0.6) is 0 Å². The molecule has 0 bridgehead atoms. The van der Waals surface area contributed by atoms with Gasteiger partial charge in [0.05, 0.1) is 9.82 Å². The Morgan fingerprint density at radius 3 is 2.29 bits per heavy atom. The lowest BCUT2D eigenvalue weighted by molar-refractivity contribution is -0.384. The molecule has 0 radical (unpaired) electrons. The van der Waals surface area contributed by atoms with Crippen LogP contribution in [0, 0.1) is 17.0 Å². The van der Waals surface area contributed by atoms with Crippen LogP contribution in [0.15, 0.2) is 34.0 Å². The SMILES string of the molecule is CCc1c(C)[nH]n(S(=O)(=O)c2ccc([N+](=O)[O-])cc2)c1=O. The van der Waals surface area contributed by atoms with E-state index in [2.05, 4.69) is 5.10 Å². The topological polar surface area (TPSA) is 115 Å². The molecule has 0 aliphatic heterocycles. The van der Waals surface area contributed by atoms with Crippen LogP contribution in [0.2, 0.25) is 0 Å². The first-order valence-electron chi connectivity index (χ1n) is 6.09. The third kappa shape index (κ3) is 2.47. The summed E-state index contributed by atoms with van der Waals surface area (Å²) in [4.78, 5) is 21.8. The Morgan fingerprint density at radius 1 is 1.29 bits per heavy atom. The van der Waals surface area contributed by atoms with Gasteiger partial charge in [-0.3, -0.25) is 20.0 Å². The molecule has 1 N–H and O–H groups in total. The third-order valence-electron chi connectivity index (χ3n) is 3.10. The minimum atomic E-state index is -4.10. The predicted octanol–water partition coefficient (Wildman–Crippen LogP) is 1.19. The van der Waals surface area contributed by atoms with E-state index < -0.39 is 20.5 Å². The van der Waals surface area contributed by atoms with Gasteiger partial charge in [-0.05, 0) is 25.5 Å². The highest BCUT2D eigenvalue weighted by molar-refractivity contribution is 7.89. The molecule has 0 aliphatic rings. The number of H-pyrrole nitrogens is 1. The van der Waals surface area contributed by atoms with E-state index in [1.165, 1.54) is 0 Å². The van der Waals surface area contributed by atoms with Crippen LogP contribution in [-0.2, 0) is 16.4 Å². The van der Waals surface area contributed by atoms with Crippen molar-refractivity contribution >= 4 is 15.7 Å². The van der Waals surface area contributed by atoms with E-state index in [9.17, 15) is 23.3 Å². The molecule has 0 unspecified atom stereocenters. The van der Waals surface area contributed by atoms with Gasteiger partial charge in [-0.1, -0.05) is 6.92 Å². The number of nitrogens with zero attached hydrogens (tertiary/aromatic N) is 2. The van der Waals surface area contributed by atoms with Crippen molar-refractivity contribution in [2.24, 2.45) is 0 Å². The number of nitro groups is 1. The average molecular weight is 311 g/mol. The minimum absolute atomic E-state index is 0.195. The summed E-state index contributed by atoms with van der Waals surface area (Å²) in [6, 6.07) is 4.35. The summed E-state index contributed by atoms with van der Waals surface area (Å²) in [7, 11) is -4.10. The van der Waals surface area contributed by atoms with Crippen molar-refractivity contribution in [1.29, 1.82) is 0 Å². The quantitative estimate of drug-likeness (QED) is 0.672. The molecule has 0 fully saturated rings. The molecule has 0 aliphatic carbocycles. The fraction of sp³-hybridized carbons (Fsp3) is 0.250. The highest BCUT2D eigenvalue weighted by Crippen LogP contribution is 2.17. The maximum Gasteiger partial charge on any atom is 0.284 e. The lowest BCUT2D eigenvalue weighted by atomic mass is 10.2. The van der Waals surface area contributed by atoms with E-state index in [0.717, 1.165) is 24.3 Å². The molecule has 0 saturated carbocycles. The zero-order valence-corrected chi connectivity index (χ0v) is 12.2. The van der Waals surface area contributed by atoms with Crippen molar-refractivity contribution in [1.82, 2.24) is 9.19 Å². The molecule has 0 spiro atoms. The van der Waals surface area contributed by atoms with Crippen LogP contribution < -0.4 is 5.56 Å². The van der Waals surface area contributed by atoms with Crippen molar-refractivity contribution in [2.75, 3.05) is 0 Å². The van der Waals surface area contributed by atoms with Gasteiger partial charge in [0, 0.05) is 23.4 Å². The minimum Gasteiger partial charge on any atom is -0.285 e. The maximum atomic E-state index is 12.4. The number of hydrogen-bond acceptors (Lipinski definition) is 5. The summed E-state index contributed by atoms with van der Waals surface area (Å²) in [5, 5.41) is 13.1. The number of hydrogen-bond donors (Lipinski definition) is 1. The summed E-state index contributed by atoms with van der Waals surface area (Å²) in [5.41, 5.74) is 0.0139. The molecule has 1 heterocycles. The molecule has 0 atom stereocenters. The average Bonchev–Trinajstić information content (AvgIpc) is 2.74. The number of rotatable bonds is 4. The summed E-state index contributed by atoms with van der Waals surface area (Å²) < 4.78 is 25.3. The highest BCUT2D eigenvalue weighted by atomic mass is 32.2. The van der Waals surface area contributed by atoms with Gasteiger partial charge in [-0.2, -0.15) is 8.42 Å². The van der Waals surface area contributed by atoms with Crippen LogP contribution in [0.3, 0.4) is 0 Å². The molecule has 1 aromatic carbocycles. The van der Waals surface area contributed by atoms with Gasteiger partial charge >= 0.3 is 0 Å². The first kappa shape index (κ1) is 15.0. The second-order valence-electron chi connectivity index (χ2n) is 4.39. The predicted molar refractivity (Wildman–Crippen MR) is 74.8 cm³/mol. The molecule has 8 nitrogen and oxygen atoms in total. The lowest BCUT2D eigenvalue weighted by Crippen LogP contribution is -2.26. The van der Waals surface area contributed by atoms with Crippen molar-refractivity contribution in [3.8, 4) is 0 Å². The summed E-state index contributed by atoms with van der Waals surface area (Å²) >= 11 is 0. The first-order valence-corrected chi connectivity index (χ1v) is 7.53. The Kier molecular flexibility index (Phi) is 3.69. The monoisotopic (exact) mass is 311 g/mol. The zero-order valence-electron chi connectivity index (χ0n) is 11.4. The van der Waals surface area contributed by atoms with Gasteiger partial charge < -0.3 is 0 Å². The molecule has 0 amide bonds. The van der Waals surface area contributed by atoms with Crippen molar-refractivity contribution < 1.29 is 13.3 Å². The Hall–Kier alpha value is -2.42. The number of nitro benzene ring substituents is 1. The smallest absolute Gasteiger partial charge is 0.284 e. The fourth-order valence-corrected chi connectivity index (χ4v) is 3.26. The van der Waals surface area contributed by atoms with Gasteiger partial charge in [0.25, 0.3) is 21.3 Å². The van der Waals surface area contributed by atoms with Crippen molar-refractivity contribution in [3.63, 3.8) is 0 Å². The molecule has 9 heteroatoms. The van der Waals surface area contributed by atoms with Gasteiger partial charge in [0.15, 0.2) is 0 Å². The van der Waals surface area contributed by atoms with Crippen molar-refractivity contribution in [3.05, 3.63) is 56.0 Å². The van der Waals surface area contributed by atoms with Gasteiger partial charge in [-0.15, -0.1) is 4.09 Å². The Labute approximate surface area is 120 Å². The van der Waals surface area contributed by atoms with E-state index in [4.69, 9.17) is 0 Å². The molecular weight excluding hydrogens is 298 g/mol. The van der Waals surface area contributed by atoms with Crippen LogP contribution in [0.25, 0.3) is 0 Å². The van der Waals surface area contributed by atoms with Crippen LogP contribution in [-0.4, -0.2) is 22.5 Å². The molecule has 2 aromatic rings. The van der Waals surface area contributed by atoms with Crippen LogP contribution >= 0.6 is 0 Å². The summed E-state index contributed by atoms with van der Waals surface area (Å²) in [6.45, 7) is 3.36. The van der Waals surface area contributed by atoms with Gasteiger partial charge in [-0.25, -0.2) is 0 Å². The van der Waals surface area contributed by atoms with E-state index in [0.29, 0.717) is 21.8 Å². The van der Waals surface area contributed by atoms with E-state index >= 15 is 0 Å². The zero-order chi connectivity index (χ0) is 15.8. The molecule has 21 heavy (non-hydrogen) atoms. The molecule has 1 aromatic heterocycles. The normalized spacial score (nSPS) is 11.5. The molecule has 2 rings (SSSR count). The summed E-state index contributed by atoms with van der Waals surface area (Å²) in [6.07, 6.45) is 0.407. The Morgan fingerprint density at radius 2 is 1.86 bits per heavy atom. The number of aromatic amines is 1. The highest BCUT2D eigenvalue weighted by Gasteiger charge is 2.23. The number of aromatic nitrogens is 2. The largest absolute Gasteiger partial charge is 0.285 e. The fourth-order valence-electron chi connectivity index (χ4n) is 1.98. The Bertz CT molecular complexity index is 846. The van der Waals surface area contributed by atoms with E-state index in [1.807, 2.05) is 0 Å². The number of aryl methyl sites for hydroxylation is 1. The number of benzene rings is 1. The lowest BCUT2D eigenvalue weighted by Gasteiger charge is -2.04. The van der Waals surface area contributed by atoms with Crippen molar-refractivity contribution in [2.45, 2.75) is 25.2 Å². The second kappa shape index (κ2) is 5.17. The second-order valence-corrected chi connectivity index (χ2v) is 6.18. The standard InChI is InChI=1S/C12H13N3O5S/c1-3-11-8(2)13-14(12(11)16)21(19,20)10-6-4-9(5-7-10)15(17)18/h4-7,13H,3H2,1-2H3.